The van der Waals surface area contributed by atoms with E-state index in [-0.39, 0.29) is 11.3 Å². The van der Waals surface area contributed by atoms with Crippen LogP contribution in [0.1, 0.15) is 12.0 Å². The van der Waals surface area contributed by atoms with Crippen molar-refractivity contribution in [3.63, 3.8) is 0 Å². The number of hydrogen-bond donors (Lipinski definition) is 2. The van der Waals surface area contributed by atoms with Gasteiger partial charge in [0.2, 0.25) is 0 Å². The molecular weight excluding hydrogens is 281 g/mol. The highest BCUT2D eigenvalue weighted by Crippen LogP contribution is 2.38. The van der Waals surface area contributed by atoms with Crippen molar-refractivity contribution in [1.29, 1.82) is 0 Å². The van der Waals surface area contributed by atoms with E-state index < -0.39 is 11.7 Å². The summed E-state index contributed by atoms with van der Waals surface area (Å²) in [7, 11) is 0. The molecule has 0 saturated carbocycles. The lowest BCUT2D eigenvalue weighted by atomic mass is 10.0. The number of hydrogen-bond acceptors (Lipinski definition) is 4. The molecule has 3 N–H and O–H groups in total. The van der Waals surface area contributed by atoms with E-state index in [4.69, 9.17) is 5.73 Å². The molecule has 0 spiro atoms. The lowest BCUT2D eigenvalue weighted by Crippen LogP contribution is -2.11. The van der Waals surface area contributed by atoms with Gasteiger partial charge in [-0.1, -0.05) is 18.2 Å². The van der Waals surface area contributed by atoms with Crippen LogP contribution in [0.5, 0.6) is 0 Å². The van der Waals surface area contributed by atoms with Gasteiger partial charge < -0.3 is 11.1 Å². The van der Waals surface area contributed by atoms with E-state index in [1.54, 1.807) is 6.07 Å². The molecular formula is C14H15F3N4. The molecule has 0 amide bonds. The Labute approximate surface area is 120 Å². The third-order valence-corrected chi connectivity index (χ3v) is 2.90. The van der Waals surface area contributed by atoms with Gasteiger partial charge in [-0.25, -0.2) is 9.97 Å². The maximum Gasteiger partial charge on any atom is 0.417 e. The third-order valence-electron chi connectivity index (χ3n) is 2.90. The van der Waals surface area contributed by atoms with Crippen molar-refractivity contribution in [3.8, 4) is 11.3 Å². The van der Waals surface area contributed by atoms with Crippen molar-refractivity contribution < 1.29 is 13.2 Å². The second kappa shape index (κ2) is 6.53. The molecule has 0 saturated heterocycles. The molecule has 0 aliphatic heterocycles. The second-order valence-corrected chi connectivity index (χ2v) is 4.40. The topological polar surface area (TPSA) is 63.8 Å². The van der Waals surface area contributed by atoms with Crippen LogP contribution in [0.15, 0.2) is 36.8 Å². The Morgan fingerprint density at radius 1 is 1.19 bits per heavy atom. The summed E-state index contributed by atoms with van der Waals surface area (Å²) in [5.41, 5.74) is 5.41. The van der Waals surface area contributed by atoms with Crippen LogP contribution in [0.25, 0.3) is 11.3 Å². The Hall–Kier alpha value is -2.15. The molecule has 2 aromatic rings. The predicted octanol–water partition coefficient (Wildman–Crippen LogP) is 2.92. The SMILES string of the molecule is NCCCNc1cncnc1-c1ccccc1C(F)(F)F. The third kappa shape index (κ3) is 3.69. The van der Waals surface area contributed by atoms with E-state index in [0.29, 0.717) is 25.2 Å². The van der Waals surface area contributed by atoms with Gasteiger partial charge in [0.1, 0.15) is 6.33 Å². The molecule has 0 radical (unpaired) electrons. The van der Waals surface area contributed by atoms with Gasteiger partial charge in [-0.15, -0.1) is 0 Å². The molecule has 2 rings (SSSR count). The summed E-state index contributed by atoms with van der Waals surface area (Å²) >= 11 is 0. The molecule has 0 aliphatic carbocycles. The van der Waals surface area contributed by atoms with Crippen LogP contribution in [0.3, 0.4) is 0 Å². The van der Waals surface area contributed by atoms with Crippen molar-refractivity contribution in [1.82, 2.24) is 9.97 Å². The molecule has 0 atom stereocenters. The molecule has 1 aromatic carbocycles. The summed E-state index contributed by atoms with van der Waals surface area (Å²) < 4.78 is 39.3. The van der Waals surface area contributed by atoms with E-state index in [1.807, 2.05) is 0 Å². The molecule has 0 fully saturated rings. The molecule has 0 aliphatic rings. The average Bonchev–Trinajstić information content (AvgIpc) is 2.47. The smallest absolute Gasteiger partial charge is 0.382 e. The number of benzene rings is 1. The molecule has 7 heteroatoms. The number of nitrogens with two attached hydrogens (primary N) is 1. The zero-order chi connectivity index (χ0) is 15.3. The Kier molecular flexibility index (Phi) is 4.74. The molecule has 4 nitrogen and oxygen atoms in total. The van der Waals surface area contributed by atoms with Gasteiger partial charge in [-0.05, 0) is 19.0 Å². The normalized spacial score (nSPS) is 11.4. The lowest BCUT2D eigenvalue weighted by Gasteiger charge is -2.15. The van der Waals surface area contributed by atoms with E-state index >= 15 is 0 Å². The van der Waals surface area contributed by atoms with Crippen molar-refractivity contribution in [2.75, 3.05) is 18.4 Å². The van der Waals surface area contributed by atoms with E-state index in [0.717, 1.165) is 6.07 Å². The summed E-state index contributed by atoms with van der Waals surface area (Å²) in [4.78, 5) is 7.85. The number of nitrogens with zero attached hydrogens (tertiary/aromatic N) is 2. The summed E-state index contributed by atoms with van der Waals surface area (Å²) in [5.74, 6) is 0. The Bertz CT molecular complexity index is 599. The summed E-state index contributed by atoms with van der Waals surface area (Å²) in [6.07, 6.45) is -1.03. The van der Waals surface area contributed by atoms with Gasteiger partial charge in [0, 0.05) is 12.1 Å². The fourth-order valence-electron chi connectivity index (χ4n) is 1.94. The standard InChI is InChI=1S/C14H15F3N4/c15-14(16,17)11-5-2-1-4-10(11)13-12(8-19-9-21-13)20-7-3-6-18/h1-2,4-5,8-9,20H,3,6-7,18H2. The number of aromatic nitrogens is 2. The zero-order valence-electron chi connectivity index (χ0n) is 11.2. The molecule has 0 bridgehead atoms. The van der Waals surface area contributed by atoms with Gasteiger partial charge in [-0.2, -0.15) is 13.2 Å². The van der Waals surface area contributed by atoms with Crippen LogP contribution in [-0.4, -0.2) is 23.1 Å². The minimum absolute atomic E-state index is 0.0302. The van der Waals surface area contributed by atoms with Crippen molar-refractivity contribution >= 4 is 5.69 Å². The maximum atomic E-state index is 13.1. The predicted molar refractivity (Wildman–Crippen MR) is 74.6 cm³/mol. The van der Waals surface area contributed by atoms with Crippen LogP contribution < -0.4 is 11.1 Å². The monoisotopic (exact) mass is 296 g/mol. The molecule has 0 unspecified atom stereocenters. The molecule has 1 aromatic heterocycles. The van der Waals surface area contributed by atoms with Crippen LogP contribution in [-0.2, 0) is 6.18 Å². The van der Waals surface area contributed by atoms with Gasteiger partial charge in [0.15, 0.2) is 0 Å². The lowest BCUT2D eigenvalue weighted by molar-refractivity contribution is -0.137. The van der Waals surface area contributed by atoms with Crippen molar-refractivity contribution in [2.24, 2.45) is 5.73 Å². The number of halogens is 3. The minimum Gasteiger partial charge on any atom is -0.382 e. The first kappa shape index (κ1) is 15.2. The minimum atomic E-state index is -4.43. The number of nitrogens with one attached hydrogen (secondary N) is 1. The van der Waals surface area contributed by atoms with Gasteiger partial charge in [0.05, 0.1) is 23.1 Å². The Morgan fingerprint density at radius 2 is 1.95 bits per heavy atom. The Balaban J connectivity index is 2.43. The maximum absolute atomic E-state index is 13.1. The first-order valence-corrected chi connectivity index (χ1v) is 6.44. The van der Waals surface area contributed by atoms with Gasteiger partial charge >= 0.3 is 6.18 Å². The second-order valence-electron chi connectivity index (χ2n) is 4.40. The number of alkyl halides is 3. The molecule has 1 heterocycles. The highest BCUT2D eigenvalue weighted by atomic mass is 19.4. The average molecular weight is 296 g/mol. The van der Waals surface area contributed by atoms with E-state index in [1.165, 1.54) is 24.7 Å². The summed E-state index contributed by atoms with van der Waals surface area (Å²) in [6.45, 7) is 1.04. The molecule has 21 heavy (non-hydrogen) atoms. The fraction of sp³-hybridized carbons (Fsp3) is 0.286. The molecule has 112 valence electrons. The van der Waals surface area contributed by atoms with Crippen LogP contribution in [0.2, 0.25) is 0 Å². The fourth-order valence-corrected chi connectivity index (χ4v) is 1.94. The zero-order valence-corrected chi connectivity index (χ0v) is 11.2. The highest BCUT2D eigenvalue weighted by molar-refractivity contribution is 5.76. The van der Waals surface area contributed by atoms with Crippen molar-refractivity contribution in [2.45, 2.75) is 12.6 Å². The van der Waals surface area contributed by atoms with Crippen LogP contribution >= 0.6 is 0 Å². The van der Waals surface area contributed by atoms with E-state index in [9.17, 15) is 13.2 Å². The van der Waals surface area contributed by atoms with Gasteiger partial charge in [0.25, 0.3) is 0 Å². The van der Waals surface area contributed by atoms with Crippen molar-refractivity contribution in [3.05, 3.63) is 42.4 Å². The van der Waals surface area contributed by atoms with Crippen LogP contribution in [0.4, 0.5) is 18.9 Å². The van der Waals surface area contributed by atoms with Gasteiger partial charge in [-0.3, -0.25) is 0 Å². The Morgan fingerprint density at radius 3 is 2.67 bits per heavy atom. The summed E-state index contributed by atoms with van der Waals surface area (Å²) in [6, 6.07) is 5.35. The largest absolute Gasteiger partial charge is 0.417 e. The first-order valence-electron chi connectivity index (χ1n) is 6.44. The first-order chi connectivity index (χ1) is 10.0. The highest BCUT2D eigenvalue weighted by Gasteiger charge is 2.34. The quantitative estimate of drug-likeness (QED) is 0.833. The summed E-state index contributed by atoms with van der Waals surface area (Å²) in [5, 5.41) is 3.02. The van der Waals surface area contributed by atoms with Crippen LogP contribution in [0, 0.1) is 0 Å². The number of anilines is 1. The van der Waals surface area contributed by atoms with E-state index in [2.05, 4.69) is 15.3 Å². The number of rotatable bonds is 5.